The molecule has 0 heterocycles. The molecule has 0 amide bonds. The summed E-state index contributed by atoms with van der Waals surface area (Å²) in [6.45, 7) is 10.00. The Hall–Kier alpha value is -0.960. The van der Waals surface area contributed by atoms with Gasteiger partial charge in [-0.25, -0.2) is 8.78 Å². The molecule has 0 aromatic heterocycles. The summed E-state index contributed by atoms with van der Waals surface area (Å²) < 4.78 is 27.3. The molecule has 2 N–H and O–H groups in total. The average Bonchev–Trinajstić information content (AvgIpc) is 2.24. The van der Waals surface area contributed by atoms with Crippen LogP contribution in [0, 0.1) is 29.9 Å². The highest BCUT2D eigenvalue weighted by Gasteiger charge is 2.25. The third-order valence-corrected chi connectivity index (χ3v) is 3.79. The van der Waals surface area contributed by atoms with Crippen molar-refractivity contribution in [3.8, 4) is 0 Å². The van der Waals surface area contributed by atoms with Crippen LogP contribution in [0.15, 0.2) is 12.1 Å². The largest absolute Gasteiger partial charge is 0.324 e. The molecule has 0 radical (unpaired) electrons. The van der Waals surface area contributed by atoms with Gasteiger partial charge >= 0.3 is 0 Å². The molecule has 2 atom stereocenters. The summed E-state index contributed by atoms with van der Waals surface area (Å²) in [6, 6.07) is 2.71. The molecule has 1 aromatic rings. The molecule has 2 unspecified atom stereocenters. The van der Waals surface area contributed by atoms with Crippen molar-refractivity contribution in [2.75, 3.05) is 0 Å². The van der Waals surface area contributed by atoms with E-state index in [2.05, 4.69) is 27.7 Å². The van der Waals surface area contributed by atoms with E-state index in [1.165, 1.54) is 0 Å². The SMILES string of the molecule is Cc1ccc(C(N)CC(C)C(C)(C)C)c(F)c1F. The van der Waals surface area contributed by atoms with Crippen molar-refractivity contribution in [3.63, 3.8) is 0 Å². The van der Waals surface area contributed by atoms with E-state index in [0.717, 1.165) is 0 Å². The highest BCUT2D eigenvalue weighted by Crippen LogP contribution is 2.33. The number of aryl methyl sites for hydroxylation is 1. The van der Waals surface area contributed by atoms with Crippen LogP contribution < -0.4 is 5.73 Å². The first kappa shape index (κ1) is 15.1. The zero-order chi connectivity index (χ0) is 14.1. The van der Waals surface area contributed by atoms with Gasteiger partial charge in [0.15, 0.2) is 11.6 Å². The van der Waals surface area contributed by atoms with Gasteiger partial charge in [0.25, 0.3) is 0 Å². The summed E-state index contributed by atoms with van der Waals surface area (Å²) in [5.41, 5.74) is 6.70. The molecule has 0 spiro atoms. The molecule has 1 rings (SSSR count). The molecule has 3 heteroatoms. The molecule has 0 aliphatic carbocycles. The highest BCUT2D eigenvalue weighted by atomic mass is 19.2. The molecule has 0 saturated heterocycles. The fraction of sp³-hybridized carbons (Fsp3) is 0.600. The Morgan fingerprint density at radius 3 is 2.22 bits per heavy atom. The Morgan fingerprint density at radius 2 is 1.72 bits per heavy atom. The van der Waals surface area contributed by atoms with Crippen molar-refractivity contribution in [1.29, 1.82) is 0 Å². The smallest absolute Gasteiger partial charge is 0.163 e. The van der Waals surface area contributed by atoms with Gasteiger partial charge in [-0.1, -0.05) is 39.8 Å². The Labute approximate surface area is 108 Å². The second-order valence-electron chi connectivity index (χ2n) is 6.21. The van der Waals surface area contributed by atoms with Gasteiger partial charge in [0, 0.05) is 11.6 Å². The summed E-state index contributed by atoms with van der Waals surface area (Å²) in [6.07, 6.45) is 0.642. The predicted octanol–water partition coefficient (Wildman–Crippen LogP) is 4.35. The Balaban J connectivity index is 2.92. The molecule has 0 saturated carbocycles. The summed E-state index contributed by atoms with van der Waals surface area (Å²) in [5.74, 6) is -1.26. The molecule has 0 aliphatic rings. The van der Waals surface area contributed by atoms with Crippen molar-refractivity contribution in [3.05, 3.63) is 34.9 Å². The van der Waals surface area contributed by atoms with E-state index >= 15 is 0 Å². The van der Waals surface area contributed by atoms with Crippen LogP contribution >= 0.6 is 0 Å². The van der Waals surface area contributed by atoms with Gasteiger partial charge in [0.2, 0.25) is 0 Å². The second kappa shape index (κ2) is 5.35. The average molecular weight is 255 g/mol. The minimum atomic E-state index is -0.802. The summed E-state index contributed by atoms with van der Waals surface area (Å²) in [4.78, 5) is 0. The van der Waals surface area contributed by atoms with Crippen LogP contribution in [0.2, 0.25) is 0 Å². The van der Waals surface area contributed by atoms with E-state index in [1.54, 1.807) is 19.1 Å². The lowest BCUT2D eigenvalue weighted by Gasteiger charge is -2.29. The summed E-state index contributed by atoms with van der Waals surface area (Å²) in [5, 5.41) is 0. The standard InChI is InChI=1S/C15H23F2N/c1-9-6-7-11(14(17)13(9)16)12(18)8-10(2)15(3,4)5/h6-7,10,12H,8,18H2,1-5H3. The second-order valence-corrected chi connectivity index (χ2v) is 6.21. The molecule has 1 nitrogen and oxygen atoms in total. The number of hydrogen-bond acceptors (Lipinski definition) is 1. The van der Waals surface area contributed by atoms with Crippen LogP contribution in [0.25, 0.3) is 0 Å². The van der Waals surface area contributed by atoms with Crippen molar-refractivity contribution in [2.24, 2.45) is 17.1 Å². The zero-order valence-corrected chi connectivity index (χ0v) is 11.8. The van der Waals surface area contributed by atoms with Gasteiger partial charge in [-0.15, -0.1) is 0 Å². The highest BCUT2D eigenvalue weighted by molar-refractivity contribution is 5.27. The summed E-state index contributed by atoms with van der Waals surface area (Å²) >= 11 is 0. The number of benzene rings is 1. The van der Waals surface area contributed by atoms with Gasteiger partial charge in [0.1, 0.15) is 0 Å². The number of hydrogen-bond donors (Lipinski definition) is 1. The van der Waals surface area contributed by atoms with E-state index in [0.29, 0.717) is 17.9 Å². The van der Waals surface area contributed by atoms with Gasteiger partial charge in [-0.3, -0.25) is 0 Å². The van der Waals surface area contributed by atoms with Gasteiger partial charge in [-0.05, 0) is 30.2 Å². The normalized spacial score (nSPS) is 15.6. The predicted molar refractivity (Wildman–Crippen MR) is 71.3 cm³/mol. The maximum Gasteiger partial charge on any atom is 0.163 e. The molecular weight excluding hydrogens is 232 g/mol. The minimum absolute atomic E-state index is 0.108. The van der Waals surface area contributed by atoms with Gasteiger partial charge in [-0.2, -0.15) is 0 Å². The Kier molecular flexibility index (Phi) is 4.49. The van der Waals surface area contributed by atoms with E-state index in [9.17, 15) is 8.78 Å². The van der Waals surface area contributed by atoms with E-state index < -0.39 is 17.7 Å². The van der Waals surface area contributed by atoms with Crippen LogP contribution in [0.3, 0.4) is 0 Å². The van der Waals surface area contributed by atoms with Crippen molar-refractivity contribution in [1.82, 2.24) is 0 Å². The maximum absolute atomic E-state index is 13.8. The zero-order valence-electron chi connectivity index (χ0n) is 11.8. The fourth-order valence-corrected chi connectivity index (χ4v) is 1.81. The number of halogens is 2. The van der Waals surface area contributed by atoms with E-state index in [-0.39, 0.29) is 11.0 Å². The van der Waals surface area contributed by atoms with Crippen LogP contribution in [0.5, 0.6) is 0 Å². The Bertz CT molecular complexity index is 421. The van der Waals surface area contributed by atoms with Crippen LogP contribution in [0.1, 0.15) is 51.3 Å². The quantitative estimate of drug-likeness (QED) is 0.854. The molecule has 102 valence electrons. The molecule has 0 bridgehead atoms. The third kappa shape index (κ3) is 3.29. The molecule has 0 fully saturated rings. The lowest BCUT2D eigenvalue weighted by Crippen LogP contribution is -2.24. The number of nitrogens with two attached hydrogens (primary N) is 1. The third-order valence-electron chi connectivity index (χ3n) is 3.79. The molecular formula is C15H23F2N. The lowest BCUT2D eigenvalue weighted by atomic mass is 9.77. The number of rotatable bonds is 3. The molecule has 18 heavy (non-hydrogen) atoms. The van der Waals surface area contributed by atoms with Crippen molar-refractivity contribution in [2.45, 2.75) is 47.1 Å². The van der Waals surface area contributed by atoms with Crippen molar-refractivity contribution >= 4 is 0 Å². The maximum atomic E-state index is 13.8. The lowest BCUT2D eigenvalue weighted by molar-refractivity contribution is 0.232. The van der Waals surface area contributed by atoms with Crippen LogP contribution in [-0.2, 0) is 0 Å². The van der Waals surface area contributed by atoms with E-state index in [1.807, 2.05) is 0 Å². The van der Waals surface area contributed by atoms with Crippen LogP contribution in [-0.4, -0.2) is 0 Å². The fourth-order valence-electron chi connectivity index (χ4n) is 1.81. The van der Waals surface area contributed by atoms with E-state index in [4.69, 9.17) is 5.73 Å². The first-order chi connectivity index (χ1) is 8.14. The molecule has 0 aliphatic heterocycles. The first-order valence-corrected chi connectivity index (χ1v) is 6.34. The van der Waals surface area contributed by atoms with Crippen LogP contribution in [0.4, 0.5) is 8.78 Å². The topological polar surface area (TPSA) is 26.0 Å². The van der Waals surface area contributed by atoms with Gasteiger partial charge < -0.3 is 5.73 Å². The molecule has 1 aromatic carbocycles. The minimum Gasteiger partial charge on any atom is -0.324 e. The first-order valence-electron chi connectivity index (χ1n) is 6.34. The van der Waals surface area contributed by atoms with Crippen molar-refractivity contribution < 1.29 is 8.78 Å². The summed E-state index contributed by atoms with van der Waals surface area (Å²) in [7, 11) is 0. The monoisotopic (exact) mass is 255 g/mol. The van der Waals surface area contributed by atoms with Gasteiger partial charge in [0.05, 0.1) is 0 Å². The Morgan fingerprint density at radius 1 is 1.17 bits per heavy atom.